The molecule has 0 aromatic heterocycles. The van der Waals surface area contributed by atoms with Gasteiger partial charge in [0.1, 0.15) is 0 Å². The number of hydrogen-bond acceptors (Lipinski definition) is 4. The Kier molecular flexibility index (Phi) is 17.4. The zero-order valence-corrected chi connectivity index (χ0v) is 32.3. The minimum Gasteiger partial charge on any atom is -0.282 e. The predicted octanol–water partition coefficient (Wildman–Crippen LogP) is 8.84. The fraction of sp³-hybridized carbons (Fsp3) is 0.647. The minimum atomic E-state index is -4.02. The molecule has 2 aromatic carbocycles. The van der Waals surface area contributed by atoms with E-state index in [1.54, 1.807) is 24.3 Å². The Morgan fingerprint density at radius 2 is 0.535 bits per heavy atom. The van der Waals surface area contributed by atoms with Crippen LogP contribution in [0.1, 0.15) is 80.4 Å². The molecule has 2 aliphatic carbocycles. The maximum Gasteiger partial charge on any atom is 2.00 e. The summed E-state index contributed by atoms with van der Waals surface area (Å²) in [5.41, 5.74) is 1.91. The molecule has 242 valence electrons. The maximum atomic E-state index is 10.5. The van der Waals surface area contributed by atoms with Gasteiger partial charge in [-0.25, -0.2) is 0 Å². The van der Waals surface area contributed by atoms with Crippen molar-refractivity contribution in [2.75, 3.05) is 0 Å². The molecule has 0 unspecified atom stereocenters. The molecule has 2 saturated carbocycles. The van der Waals surface area contributed by atoms with Gasteiger partial charge in [-0.2, -0.15) is 16.8 Å². The van der Waals surface area contributed by atoms with Crippen molar-refractivity contribution >= 4 is 20.2 Å². The van der Waals surface area contributed by atoms with Crippen molar-refractivity contribution in [2.24, 2.45) is 59.2 Å². The van der Waals surface area contributed by atoms with Crippen LogP contribution in [0.25, 0.3) is 0 Å². The van der Waals surface area contributed by atoms with Crippen LogP contribution in [0, 0.1) is 73.0 Å². The first-order valence-electron chi connectivity index (χ1n) is 15.2. The van der Waals surface area contributed by atoms with Gasteiger partial charge in [-0.3, -0.25) is 9.11 Å². The van der Waals surface area contributed by atoms with Crippen molar-refractivity contribution < 1.29 is 52.1 Å². The van der Waals surface area contributed by atoms with Crippen LogP contribution in [-0.2, 0) is 46.4 Å². The van der Waals surface area contributed by atoms with Crippen molar-refractivity contribution in [1.82, 2.24) is 0 Å². The van der Waals surface area contributed by atoms with Crippen LogP contribution in [-0.4, -0.2) is 25.9 Å². The Hall–Kier alpha value is -0.857. The fourth-order valence-corrected chi connectivity index (χ4v) is 7.17. The smallest absolute Gasteiger partial charge is 0.282 e. The summed E-state index contributed by atoms with van der Waals surface area (Å²) in [4.78, 5) is -0.133. The van der Waals surface area contributed by atoms with Gasteiger partial charge < -0.3 is 0 Å². The van der Waals surface area contributed by atoms with Gasteiger partial charge in [-0.05, 0) is 97.3 Å². The van der Waals surface area contributed by atoms with Crippen molar-refractivity contribution in [3.63, 3.8) is 0 Å². The van der Waals surface area contributed by atoms with Gasteiger partial charge in [0.25, 0.3) is 20.2 Å². The summed E-state index contributed by atoms with van der Waals surface area (Å²) in [6.07, 6.45) is 0. The molecule has 43 heavy (non-hydrogen) atoms. The third kappa shape index (κ3) is 12.5. The molecule has 2 fully saturated rings. The molecular formula is C34H56O6S2Zr+2. The molecule has 0 amide bonds. The van der Waals surface area contributed by atoms with E-state index in [1.807, 2.05) is 13.8 Å². The number of hydrogen-bond donors (Lipinski definition) is 2. The van der Waals surface area contributed by atoms with E-state index < -0.39 is 20.2 Å². The van der Waals surface area contributed by atoms with Crippen LogP contribution in [0.5, 0.6) is 0 Å². The van der Waals surface area contributed by atoms with Gasteiger partial charge in [0.05, 0.1) is 9.79 Å². The van der Waals surface area contributed by atoms with Crippen LogP contribution in [0.15, 0.2) is 58.3 Å². The molecule has 4 rings (SSSR count). The van der Waals surface area contributed by atoms with E-state index in [0.29, 0.717) is 0 Å². The van der Waals surface area contributed by atoms with Gasteiger partial charge in [-0.1, -0.05) is 105 Å². The quantitative estimate of drug-likeness (QED) is 0.301. The Balaban J connectivity index is 0.000000543. The van der Waals surface area contributed by atoms with E-state index >= 15 is 0 Å². The first kappa shape index (κ1) is 42.1. The van der Waals surface area contributed by atoms with Crippen molar-refractivity contribution in [1.29, 1.82) is 0 Å². The normalized spacial score (nSPS) is 31.7. The fourth-order valence-electron chi connectivity index (χ4n) is 6.21. The largest absolute Gasteiger partial charge is 2.00 e. The third-order valence-electron chi connectivity index (χ3n) is 10.9. The molecule has 0 spiro atoms. The van der Waals surface area contributed by atoms with E-state index in [-0.39, 0.29) is 36.0 Å². The summed E-state index contributed by atoms with van der Waals surface area (Å²) in [6.45, 7) is 27.7. The molecule has 2 aromatic rings. The average Bonchev–Trinajstić information content (AvgIpc) is 3.19. The Morgan fingerprint density at radius 1 is 0.395 bits per heavy atom. The Bertz CT molecular complexity index is 1120. The topological polar surface area (TPSA) is 109 Å². The summed E-state index contributed by atoms with van der Waals surface area (Å²) in [5, 5.41) is 0. The van der Waals surface area contributed by atoms with Gasteiger partial charge in [0.2, 0.25) is 0 Å². The van der Waals surface area contributed by atoms with Crippen molar-refractivity contribution in [3.05, 3.63) is 59.7 Å². The summed E-state index contributed by atoms with van der Waals surface area (Å²) in [6, 6.07) is 12.0. The maximum absolute atomic E-state index is 10.5. The molecule has 0 bridgehead atoms. The molecule has 2 aliphatic rings. The van der Waals surface area contributed by atoms with Crippen molar-refractivity contribution in [2.45, 2.75) is 92.9 Å². The SMILES string of the molecule is CC1C(C)C(C)C(C)C1C.CC1C(C)C(C)C(C)C1C.Cc1ccc(S(=O)(=O)O)cc1.Cc1ccc(S(=O)(=O)O)cc1.[Zr+2]. The summed E-state index contributed by atoms with van der Waals surface area (Å²) in [5.74, 6) is 9.35. The van der Waals surface area contributed by atoms with Crippen LogP contribution >= 0.6 is 0 Å². The average molecular weight is 716 g/mol. The van der Waals surface area contributed by atoms with Gasteiger partial charge in [0.15, 0.2) is 0 Å². The predicted molar refractivity (Wildman–Crippen MR) is 174 cm³/mol. The standard InChI is InChI=1S/2C10H20.2C7H8O3S.Zr/c2*1-6-7(2)9(4)10(5)8(6)3;2*1-6-2-4-7(5-3-6)11(8,9)10;/h2*6-10H,1-5H3;2*2-5H,1H3,(H,8,9,10);/q;;;;+2. The summed E-state index contributed by atoms with van der Waals surface area (Å²) < 4.78 is 59.1. The van der Waals surface area contributed by atoms with Crippen LogP contribution < -0.4 is 0 Å². The van der Waals surface area contributed by atoms with Crippen LogP contribution in [0.4, 0.5) is 0 Å². The van der Waals surface area contributed by atoms with Gasteiger partial charge in [-0.15, -0.1) is 0 Å². The van der Waals surface area contributed by atoms with Crippen LogP contribution in [0.2, 0.25) is 0 Å². The molecule has 0 atom stereocenters. The molecule has 2 N–H and O–H groups in total. The zero-order chi connectivity index (χ0) is 32.7. The molecule has 0 aliphatic heterocycles. The molecule has 0 saturated heterocycles. The monoisotopic (exact) mass is 714 g/mol. The van der Waals surface area contributed by atoms with E-state index in [2.05, 4.69) is 69.2 Å². The number of rotatable bonds is 2. The molecule has 0 heterocycles. The van der Waals surface area contributed by atoms with E-state index in [4.69, 9.17) is 9.11 Å². The summed E-state index contributed by atoms with van der Waals surface area (Å²) in [7, 11) is -8.04. The van der Waals surface area contributed by atoms with Gasteiger partial charge >= 0.3 is 26.2 Å². The molecule has 6 nitrogen and oxygen atoms in total. The number of aryl methyl sites for hydroxylation is 2. The minimum absolute atomic E-state index is 0. The summed E-state index contributed by atoms with van der Waals surface area (Å²) >= 11 is 0. The zero-order valence-electron chi connectivity index (χ0n) is 28.2. The second-order valence-electron chi connectivity index (χ2n) is 13.2. The Morgan fingerprint density at radius 3 is 0.651 bits per heavy atom. The molecular weight excluding hydrogens is 660 g/mol. The van der Waals surface area contributed by atoms with Crippen LogP contribution in [0.3, 0.4) is 0 Å². The Labute approximate surface area is 282 Å². The van der Waals surface area contributed by atoms with E-state index in [1.165, 1.54) is 24.3 Å². The van der Waals surface area contributed by atoms with Crippen molar-refractivity contribution in [3.8, 4) is 0 Å². The molecule has 9 heteroatoms. The van der Waals surface area contributed by atoms with E-state index in [9.17, 15) is 16.8 Å². The first-order valence-corrected chi connectivity index (χ1v) is 18.1. The molecule has 0 radical (unpaired) electrons. The third-order valence-corrected chi connectivity index (χ3v) is 12.7. The first-order chi connectivity index (χ1) is 19.1. The van der Waals surface area contributed by atoms with Gasteiger partial charge in [0, 0.05) is 0 Å². The second kappa shape index (κ2) is 17.7. The van der Waals surface area contributed by atoms with E-state index in [0.717, 1.165) is 70.3 Å². The second-order valence-corrected chi connectivity index (χ2v) is 16.0. The number of benzene rings is 2.